The maximum Gasteiger partial charge on any atom is 0.0462 e. The van der Waals surface area contributed by atoms with Gasteiger partial charge in [0.2, 0.25) is 0 Å². The quantitative estimate of drug-likeness (QED) is 0.155. The molecular formula is C50H35N. The third-order valence-electron chi connectivity index (χ3n) is 9.87. The molecule has 1 nitrogen and oxygen atoms in total. The van der Waals surface area contributed by atoms with Crippen LogP contribution in [0.5, 0.6) is 0 Å². The van der Waals surface area contributed by atoms with Crippen LogP contribution in [0.1, 0.15) is 0 Å². The summed E-state index contributed by atoms with van der Waals surface area (Å²) in [7, 11) is 0. The summed E-state index contributed by atoms with van der Waals surface area (Å²) in [5, 5.41) is 5.06. The van der Waals surface area contributed by atoms with E-state index < -0.39 is 0 Å². The molecule has 9 rings (SSSR count). The zero-order valence-corrected chi connectivity index (χ0v) is 28.2. The van der Waals surface area contributed by atoms with Gasteiger partial charge in [0.15, 0.2) is 0 Å². The van der Waals surface area contributed by atoms with Crippen LogP contribution in [0.15, 0.2) is 212 Å². The molecule has 0 aliphatic carbocycles. The van der Waals surface area contributed by atoms with E-state index in [4.69, 9.17) is 0 Å². The van der Waals surface area contributed by atoms with Gasteiger partial charge in [-0.05, 0) is 109 Å². The largest absolute Gasteiger partial charge is 0.311 e. The highest BCUT2D eigenvalue weighted by molar-refractivity contribution is 6.18. The molecule has 51 heavy (non-hydrogen) atoms. The lowest BCUT2D eigenvalue weighted by atomic mass is 9.88. The lowest BCUT2D eigenvalue weighted by Crippen LogP contribution is -2.09. The predicted octanol–water partition coefficient (Wildman–Crippen LogP) is 14.1. The van der Waals surface area contributed by atoms with E-state index >= 15 is 0 Å². The van der Waals surface area contributed by atoms with Crippen molar-refractivity contribution in [3.63, 3.8) is 0 Å². The molecule has 240 valence electrons. The fourth-order valence-electron chi connectivity index (χ4n) is 7.35. The molecule has 0 aromatic heterocycles. The summed E-state index contributed by atoms with van der Waals surface area (Å²) in [6.07, 6.45) is 0. The first-order valence-corrected chi connectivity index (χ1v) is 17.5. The van der Waals surface area contributed by atoms with E-state index in [9.17, 15) is 0 Å². The van der Waals surface area contributed by atoms with Gasteiger partial charge in [-0.25, -0.2) is 0 Å². The van der Waals surface area contributed by atoms with Crippen molar-refractivity contribution in [2.75, 3.05) is 4.90 Å². The van der Waals surface area contributed by atoms with Gasteiger partial charge in [0, 0.05) is 17.1 Å². The number of benzene rings is 9. The number of nitrogens with zero attached hydrogens (tertiary/aromatic N) is 1. The van der Waals surface area contributed by atoms with Gasteiger partial charge in [0.25, 0.3) is 0 Å². The van der Waals surface area contributed by atoms with Gasteiger partial charge in [-0.1, -0.05) is 170 Å². The van der Waals surface area contributed by atoms with Crippen LogP contribution in [0.25, 0.3) is 66.1 Å². The van der Waals surface area contributed by atoms with E-state index in [0.29, 0.717) is 0 Å². The Bertz CT molecular complexity index is 2490. The molecule has 0 saturated heterocycles. The number of hydrogen-bond donors (Lipinski definition) is 0. The minimum absolute atomic E-state index is 1.10. The van der Waals surface area contributed by atoms with Crippen molar-refractivity contribution in [3.05, 3.63) is 212 Å². The molecule has 0 radical (unpaired) electrons. The SMILES string of the molecule is c1ccc(-c2ccc(N(c3ccc(-c4ccccc4)cc3)c3ccc(-c4cc5ccccc5c5cccc(-c6ccccc6)c45)cc3)cc2)cc1. The zero-order valence-electron chi connectivity index (χ0n) is 28.2. The van der Waals surface area contributed by atoms with Gasteiger partial charge in [0.05, 0.1) is 0 Å². The molecule has 0 aliphatic rings. The molecule has 0 fully saturated rings. The maximum absolute atomic E-state index is 2.36. The number of rotatable bonds is 7. The molecule has 0 saturated carbocycles. The van der Waals surface area contributed by atoms with Crippen molar-refractivity contribution in [2.45, 2.75) is 0 Å². The number of fused-ring (bicyclic) bond motifs is 3. The highest BCUT2D eigenvalue weighted by Crippen LogP contribution is 2.42. The highest BCUT2D eigenvalue weighted by Gasteiger charge is 2.16. The zero-order chi connectivity index (χ0) is 34.0. The summed E-state index contributed by atoms with van der Waals surface area (Å²) in [5.74, 6) is 0. The van der Waals surface area contributed by atoms with Gasteiger partial charge in [0.1, 0.15) is 0 Å². The average Bonchev–Trinajstić information content (AvgIpc) is 3.22. The van der Waals surface area contributed by atoms with Gasteiger partial charge in [-0.2, -0.15) is 0 Å². The molecule has 0 spiro atoms. The summed E-state index contributed by atoms with van der Waals surface area (Å²) in [6, 6.07) is 76.5. The molecule has 0 aliphatic heterocycles. The smallest absolute Gasteiger partial charge is 0.0462 e. The third kappa shape index (κ3) is 5.86. The lowest BCUT2D eigenvalue weighted by molar-refractivity contribution is 1.28. The summed E-state index contributed by atoms with van der Waals surface area (Å²) in [5.41, 5.74) is 13.0. The van der Waals surface area contributed by atoms with E-state index in [2.05, 4.69) is 217 Å². The van der Waals surface area contributed by atoms with Gasteiger partial charge in [-0.3, -0.25) is 0 Å². The summed E-state index contributed by atoms with van der Waals surface area (Å²) >= 11 is 0. The second-order valence-electron chi connectivity index (χ2n) is 12.9. The van der Waals surface area contributed by atoms with E-state index in [-0.39, 0.29) is 0 Å². The fraction of sp³-hybridized carbons (Fsp3) is 0. The molecule has 9 aromatic rings. The van der Waals surface area contributed by atoms with Gasteiger partial charge >= 0.3 is 0 Å². The number of hydrogen-bond acceptors (Lipinski definition) is 1. The summed E-state index contributed by atoms with van der Waals surface area (Å²) in [4.78, 5) is 2.35. The maximum atomic E-state index is 2.36. The predicted molar refractivity (Wildman–Crippen MR) is 218 cm³/mol. The van der Waals surface area contributed by atoms with Crippen LogP contribution in [0.2, 0.25) is 0 Å². The Morgan fingerprint density at radius 2 is 0.647 bits per heavy atom. The first kappa shape index (κ1) is 30.4. The van der Waals surface area contributed by atoms with E-state index in [1.54, 1.807) is 0 Å². The molecule has 0 N–H and O–H groups in total. The molecule has 0 heterocycles. The fourth-order valence-corrected chi connectivity index (χ4v) is 7.35. The normalized spacial score (nSPS) is 11.1. The van der Waals surface area contributed by atoms with Crippen LogP contribution in [0.3, 0.4) is 0 Å². The van der Waals surface area contributed by atoms with Crippen LogP contribution in [0, 0.1) is 0 Å². The van der Waals surface area contributed by atoms with E-state index in [1.807, 2.05) is 0 Å². The molecule has 9 aromatic carbocycles. The van der Waals surface area contributed by atoms with E-state index in [0.717, 1.165) is 17.1 Å². The van der Waals surface area contributed by atoms with Crippen LogP contribution >= 0.6 is 0 Å². The lowest BCUT2D eigenvalue weighted by Gasteiger charge is -2.26. The molecule has 0 amide bonds. The Kier molecular flexibility index (Phi) is 7.92. The van der Waals surface area contributed by atoms with E-state index in [1.165, 1.54) is 66.1 Å². The minimum Gasteiger partial charge on any atom is -0.311 e. The monoisotopic (exact) mass is 649 g/mol. The molecule has 0 bridgehead atoms. The summed E-state index contributed by atoms with van der Waals surface area (Å²) in [6.45, 7) is 0. The Morgan fingerprint density at radius 1 is 0.255 bits per heavy atom. The average molecular weight is 650 g/mol. The van der Waals surface area contributed by atoms with Crippen molar-refractivity contribution in [1.29, 1.82) is 0 Å². The van der Waals surface area contributed by atoms with Crippen molar-refractivity contribution in [2.24, 2.45) is 0 Å². The van der Waals surface area contributed by atoms with Crippen LogP contribution in [-0.4, -0.2) is 0 Å². The molecule has 1 heteroatoms. The summed E-state index contributed by atoms with van der Waals surface area (Å²) < 4.78 is 0. The first-order chi connectivity index (χ1) is 25.3. The molecule has 0 atom stereocenters. The van der Waals surface area contributed by atoms with Crippen LogP contribution in [0.4, 0.5) is 17.1 Å². The van der Waals surface area contributed by atoms with Crippen molar-refractivity contribution >= 4 is 38.6 Å². The van der Waals surface area contributed by atoms with Crippen molar-refractivity contribution in [3.8, 4) is 44.5 Å². The van der Waals surface area contributed by atoms with Gasteiger partial charge < -0.3 is 4.90 Å². The second kappa shape index (κ2) is 13.3. The Morgan fingerprint density at radius 3 is 1.18 bits per heavy atom. The standard InChI is InChI=1S/C50H35N/c1-4-13-36(14-5-1)38-23-29-43(30-24-38)51(44-31-25-39(26-32-44)37-15-6-2-7-16-37)45-33-27-41(28-34-45)49-35-42-19-10-11-20-46(42)48-22-12-21-47(50(48)49)40-17-8-3-9-18-40/h1-35H. The topological polar surface area (TPSA) is 3.24 Å². The van der Waals surface area contributed by atoms with Gasteiger partial charge in [-0.15, -0.1) is 0 Å². The van der Waals surface area contributed by atoms with Crippen LogP contribution in [-0.2, 0) is 0 Å². The third-order valence-corrected chi connectivity index (χ3v) is 9.87. The molecular weight excluding hydrogens is 615 g/mol. The Labute approximate surface area is 299 Å². The van der Waals surface area contributed by atoms with Crippen molar-refractivity contribution < 1.29 is 0 Å². The molecule has 0 unspecified atom stereocenters. The Hall–Kier alpha value is -6.70. The van der Waals surface area contributed by atoms with Crippen LogP contribution < -0.4 is 4.90 Å². The minimum atomic E-state index is 1.10. The first-order valence-electron chi connectivity index (χ1n) is 17.5. The highest BCUT2D eigenvalue weighted by atomic mass is 15.1. The second-order valence-corrected chi connectivity index (χ2v) is 12.9. The Balaban J connectivity index is 1.17. The number of anilines is 3. The van der Waals surface area contributed by atoms with Crippen molar-refractivity contribution in [1.82, 2.24) is 0 Å².